The molecule has 34 valence electrons. The maximum absolute atomic E-state index is 4.93. The average Bonchev–Trinajstić information content (AvgIpc) is 2.17. The van der Waals surface area contributed by atoms with Gasteiger partial charge in [0.2, 0.25) is 0 Å². The molecule has 2 saturated heterocycles. The van der Waals surface area contributed by atoms with Crippen molar-refractivity contribution < 1.29 is 9.57 Å². The van der Waals surface area contributed by atoms with E-state index in [9.17, 15) is 0 Å². The van der Waals surface area contributed by atoms with Crippen LogP contribution >= 0.6 is 0 Å². The molecule has 0 radical (unpaired) electrons. The van der Waals surface area contributed by atoms with Crippen molar-refractivity contribution in [3.8, 4) is 0 Å². The minimum Gasteiger partial charge on any atom is -0.336 e. The molecule has 0 aliphatic carbocycles. The first kappa shape index (κ1) is 2.96. The molecule has 0 aromatic carbocycles. The van der Waals surface area contributed by atoms with Crippen LogP contribution in [-0.4, -0.2) is 24.6 Å². The normalized spacial score (nSPS) is 52.0. The van der Waals surface area contributed by atoms with Crippen molar-refractivity contribution >= 4 is 0 Å². The SMILES string of the molecule is C1CN2OC2O1. The topological polar surface area (TPSA) is 24.8 Å². The van der Waals surface area contributed by atoms with Gasteiger partial charge in [-0.1, -0.05) is 0 Å². The molecule has 0 aromatic rings. The summed E-state index contributed by atoms with van der Waals surface area (Å²) in [5.41, 5.74) is 0. The highest BCUT2D eigenvalue weighted by molar-refractivity contribution is 4.61. The number of fused-ring (bicyclic) bond motifs is 1. The zero-order chi connectivity index (χ0) is 3.98. The third-order valence-electron chi connectivity index (χ3n) is 0.987. The summed E-state index contributed by atoms with van der Waals surface area (Å²) >= 11 is 0. The van der Waals surface area contributed by atoms with Crippen molar-refractivity contribution in [1.29, 1.82) is 0 Å². The van der Waals surface area contributed by atoms with E-state index in [-0.39, 0.29) is 6.41 Å². The Kier molecular flexibility index (Phi) is 0.371. The zero-order valence-electron chi connectivity index (χ0n) is 3.26. The highest BCUT2D eigenvalue weighted by atomic mass is 17.0. The molecule has 2 atom stereocenters. The minimum atomic E-state index is 0.0463. The summed E-state index contributed by atoms with van der Waals surface area (Å²) in [7, 11) is 0. The van der Waals surface area contributed by atoms with Crippen molar-refractivity contribution in [3.05, 3.63) is 0 Å². The predicted molar refractivity (Wildman–Crippen MR) is 17.5 cm³/mol. The van der Waals surface area contributed by atoms with Gasteiger partial charge in [-0.15, -0.1) is 5.06 Å². The van der Waals surface area contributed by atoms with E-state index in [1.165, 1.54) is 0 Å². The van der Waals surface area contributed by atoms with Crippen LogP contribution in [-0.2, 0) is 9.57 Å². The third kappa shape index (κ3) is 0.228. The standard InChI is InChI=1S/C3H5NO2/c1-2-5-3-4(1)6-3/h3H,1-2H2. The Bertz CT molecular complexity index is 67.2. The second-order valence-corrected chi connectivity index (χ2v) is 1.42. The van der Waals surface area contributed by atoms with Crippen LogP contribution in [0, 0.1) is 0 Å². The second kappa shape index (κ2) is 0.753. The van der Waals surface area contributed by atoms with Crippen LogP contribution < -0.4 is 0 Å². The molecule has 3 nitrogen and oxygen atoms in total. The number of rotatable bonds is 0. The first-order chi connectivity index (χ1) is 2.97. The van der Waals surface area contributed by atoms with Crippen LogP contribution in [0.1, 0.15) is 0 Å². The van der Waals surface area contributed by atoms with Crippen LogP contribution in [0.25, 0.3) is 0 Å². The van der Waals surface area contributed by atoms with E-state index in [1.807, 2.05) is 0 Å². The summed E-state index contributed by atoms with van der Waals surface area (Å²) < 4.78 is 4.93. The van der Waals surface area contributed by atoms with Crippen LogP contribution in [0.15, 0.2) is 0 Å². The van der Waals surface area contributed by atoms with E-state index in [0.717, 1.165) is 13.2 Å². The molecule has 2 rings (SSSR count). The Hall–Kier alpha value is -0.120. The Morgan fingerprint density at radius 3 is 2.83 bits per heavy atom. The van der Waals surface area contributed by atoms with E-state index < -0.39 is 0 Å². The van der Waals surface area contributed by atoms with Crippen LogP contribution in [0.2, 0.25) is 0 Å². The second-order valence-electron chi connectivity index (χ2n) is 1.42. The quantitative estimate of drug-likeness (QED) is 0.374. The molecule has 2 heterocycles. The van der Waals surface area contributed by atoms with Crippen molar-refractivity contribution in [1.82, 2.24) is 5.06 Å². The molecular weight excluding hydrogens is 82.0 g/mol. The maximum Gasteiger partial charge on any atom is 0.259 e. The number of ether oxygens (including phenoxy) is 1. The molecule has 2 aliphatic rings. The summed E-state index contributed by atoms with van der Waals surface area (Å²) in [5, 5.41) is 1.81. The van der Waals surface area contributed by atoms with E-state index >= 15 is 0 Å². The molecule has 0 spiro atoms. The fraction of sp³-hybridized carbons (Fsp3) is 1.00. The van der Waals surface area contributed by atoms with Gasteiger partial charge in [0.05, 0.1) is 13.2 Å². The van der Waals surface area contributed by atoms with E-state index in [2.05, 4.69) is 0 Å². The molecule has 2 fully saturated rings. The van der Waals surface area contributed by atoms with Gasteiger partial charge in [0.1, 0.15) is 0 Å². The molecule has 0 N–H and O–H groups in total. The van der Waals surface area contributed by atoms with Crippen LogP contribution in [0.4, 0.5) is 0 Å². The summed E-state index contributed by atoms with van der Waals surface area (Å²) in [6.07, 6.45) is 0.0463. The van der Waals surface area contributed by atoms with Crippen molar-refractivity contribution in [2.24, 2.45) is 0 Å². The lowest BCUT2D eigenvalue weighted by Crippen LogP contribution is -1.94. The molecule has 3 heteroatoms. The molecule has 0 amide bonds. The molecule has 0 bridgehead atoms. The molecule has 0 aromatic heterocycles. The van der Waals surface area contributed by atoms with Gasteiger partial charge < -0.3 is 4.74 Å². The molecule has 2 unspecified atom stereocenters. The van der Waals surface area contributed by atoms with Crippen molar-refractivity contribution in [2.75, 3.05) is 13.2 Å². The van der Waals surface area contributed by atoms with Crippen molar-refractivity contribution in [2.45, 2.75) is 6.41 Å². The van der Waals surface area contributed by atoms with Gasteiger partial charge in [0, 0.05) is 0 Å². The lowest BCUT2D eigenvalue weighted by molar-refractivity contribution is 0.0405. The van der Waals surface area contributed by atoms with Gasteiger partial charge in [-0.05, 0) is 0 Å². The molecule has 2 aliphatic heterocycles. The average molecular weight is 87.1 g/mol. The Balaban J connectivity index is 2.09. The lowest BCUT2D eigenvalue weighted by Gasteiger charge is -1.83. The zero-order valence-corrected chi connectivity index (χ0v) is 3.26. The highest BCUT2D eigenvalue weighted by Gasteiger charge is 2.42. The fourth-order valence-corrected chi connectivity index (χ4v) is 0.604. The molecular formula is C3H5NO2. The maximum atomic E-state index is 4.93. The third-order valence-corrected chi connectivity index (χ3v) is 0.987. The van der Waals surface area contributed by atoms with Gasteiger partial charge in [-0.25, -0.2) is 4.84 Å². The summed E-state index contributed by atoms with van der Waals surface area (Å²) in [4.78, 5) is 4.76. The van der Waals surface area contributed by atoms with Gasteiger partial charge in [-0.3, -0.25) is 0 Å². The highest BCUT2D eigenvalue weighted by Crippen LogP contribution is 2.25. The van der Waals surface area contributed by atoms with E-state index in [1.54, 1.807) is 5.06 Å². The van der Waals surface area contributed by atoms with Gasteiger partial charge in [-0.2, -0.15) is 0 Å². The van der Waals surface area contributed by atoms with Gasteiger partial charge in [0.15, 0.2) is 0 Å². The Morgan fingerprint density at radius 2 is 2.67 bits per heavy atom. The summed E-state index contributed by atoms with van der Waals surface area (Å²) in [5.74, 6) is 0. The molecule has 6 heavy (non-hydrogen) atoms. The minimum absolute atomic E-state index is 0.0463. The van der Waals surface area contributed by atoms with Gasteiger partial charge >= 0.3 is 0 Å². The van der Waals surface area contributed by atoms with E-state index in [0.29, 0.717) is 0 Å². The predicted octanol–water partition coefficient (Wildman–Crippen LogP) is -0.453. The number of hydroxylamine groups is 2. The Morgan fingerprint density at radius 1 is 1.67 bits per heavy atom. The summed E-state index contributed by atoms with van der Waals surface area (Å²) in [6, 6.07) is 0. The number of hydrogen-bond acceptors (Lipinski definition) is 3. The number of nitrogens with zero attached hydrogens (tertiary/aromatic N) is 1. The first-order valence-corrected chi connectivity index (χ1v) is 2.02. The molecule has 0 saturated carbocycles. The Labute approximate surface area is 35.4 Å². The van der Waals surface area contributed by atoms with Crippen LogP contribution in [0.3, 0.4) is 0 Å². The van der Waals surface area contributed by atoms with Crippen molar-refractivity contribution in [3.63, 3.8) is 0 Å². The first-order valence-electron chi connectivity index (χ1n) is 2.02. The monoisotopic (exact) mass is 87.0 g/mol. The fourth-order valence-electron chi connectivity index (χ4n) is 0.604. The summed E-state index contributed by atoms with van der Waals surface area (Å²) in [6.45, 7) is 1.79. The smallest absolute Gasteiger partial charge is 0.259 e. The van der Waals surface area contributed by atoms with E-state index in [4.69, 9.17) is 9.57 Å². The lowest BCUT2D eigenvalue weighted by atomic mass is 10.7. The number of hydrogen-bond donors (Lipinski definition) is 0. The van der Waals surface area contributed by atoms with Gasteiger partial charge in [0.25, 0.3) is 6.41 Å². The van der Waals surface area contributed by atoms with Crippen LogP contribution in [0.5, 0.6) is 0 Å². The largest absolute Gasteiger partial charge is 0.336 e.